The van der Waals surface area contributed by atoms with Gasteiger partial charge in [0.15, 0.2) is 11.4 Å². The Morgan fingerprint density at radius 2 is 2.00 bits per heavy atom. The summed E-state index contributed by atoms with van der Waals surface area (Å²) >= 11 is 0. The number of hydrogen-bond donors (Lipinski definition) is 1. The number of methoxy groups -OCH3 is 2. The summed E-state index contributed by atoms with van der Waals surface area (Å²) in [7, 11) is 2.99. The molecule has 154 valence electrons. The van der Waals surface area contributed by atoms with Crippen LogP contribution in [-0.2, 0) is 19.0 Å². The number of rotatable bonds is 7. The van der Waals surface area contributed by atoms with E-state index in [2.05, 4.69) is 0 Å². The molecule has 1 N–H and O–H groups in total. The minimum Gasteiger partial charge on any atom is -0.496 e. The van der Waals surface area contributed by atoms with E-state index in [0.29, 0.717) is 19.6 Å². The van der Waals surface area contributed by atoms with Crippen LogP contribution in [0.3, 0.4) is 0 Å². The first kappa shape index (κ1) is 20.7. The Morgan fingerprint density at radius 1 is 1.25 bits per heavy atom. The van der Waals surface area contributed by atoms with Crippen molar-refractivity contribution in [1.29, 1.82) is 0 Å². The fourth-order valence-corrected chi connectivity index (χ4v) is 3.89. The Labute approximate surface area is 163 Å². The first-order chi connectivity index (χ1) is 13.3. The topological polar surface area (TPSA) is 101 Å². The van der Waals surface area contributed by atoms with Crippen molar-refractivity contribution >= 4 is 11.6 Å². The summed E-state index contributed by atoms with van der Waals surface area (Å²) < 4.78 is 27.4. The molecule has 2 aliphatic rings. The van der Waals surface area contributed by atoms with E-state index in [1.54, 1.807) is 19.2 Å². The maximum atomic E-state index is 13.3. The molecule has 28 heavy (non-hydrogen) atoms. The minimum atomic E-state index is -2.36. The predicted octanol–water partition coefficient (Wildman–Crippen LogP) is 1.44. The van der Waals surface area contributed by atoms with Gasteiger partial charge in [0.2, 0.25) is 11.4 Å². The van der Waals surface area contributed by atoms with E-state index >= 15 is 0 Å². The number of aryl methyl sites for hydroxylation is 1. The summed E-state index contributed by atoms with van der Waals surface area (Å²) in [6.07, 6.45) is -0.425. The van der Waals surface area contributed by atoms with Crippen molar-refractivity contribution in [1.82, 2.24) is 0 Å². The summed E-state index contributed by atoms with van der Waals surface area (Å²) in [6.45, 7) is 4.04. The Bertz CT molecular complexity index is 776. The van der Waals surface area contributed by atoms with Crippen LogP contribution in [0.1, 0.15) is 35.7 Å². The molecule has 1 aromatic carbocycles. The number of fused-ring (bicyclic) bond motifs is 2. The van der Waals surface area contributed by atoms with E-state index < -0.39 is 28.9 Å². The molecule has 0 unspecified atom stereocenters. The molecule has 0 aromatic heterocycles. The average Bonchev–Trinajstić information content (AvgIpc) is 2.66. The van der Waals surface area contributed by atoms with Crippen LogP contribution < -0.4 is 9.47 Å². The Morgan fingerprint density at radius 3 is 2.68 bits per heavy atom. The number of carbonyl (C=O) groups excluding carboxylic acids is 2. The molecular formula is C20H26O8. The van der Waals surface area contributed by atoms with Gasteiger partial charge in [0.05, 0.1) is 20.3 Å². The van der Waals surface area contributed by atoms with E-state index in [4.69, 9.17) is 23.7 Å². The number of Topliss-reactive ketones (excluding diaryl/α,β-unsaturated/α-hetero) is 2. The summed E-state index contributed by atoms with van der Waals surface area (Å²) in [5.41, 5.74) is -3.06. The fourth-order valence-electron chi connectivity index (χ4n) is 3.89. The van der Waals surface area contributed by atoms with Gasteiger partial charge in [-0.1, -0.05) is 0 Å². The van der Waals surface area contributed by atoms with Crippen molar-refractivity contribution in [3.05, 3.63) is 23.3 Å². The van der Waals surface area contributed by atoms with Gasteiger partial charge in [-0.15, -0.1) is 0 Å². The molecule has 0 amide bonds. The molecule has 0 bridgehead atoms. The smallest absolute Gasteiger partial charge is 0.228 e. The van der Waals surface area contributed by atoms with Crippen molar-refractivity contribution in [2.45, 2.75) is 44.0 Å². The number of ketones is 2. The standard InChI is InChI=1S/C20H26O8/c1-12-9-13(25-4)17-14(10-12)28-19(2)16(27-11-26-8-7-24-3)6-5-15(21)20(19,23)18(17)22/h9-10,16,23H,5-8,11H2,1-4H3/t16-,19-,20-/m0/s1. The van der Waals surface area contributed by atoms with Crippen LogP contribution in [-0.4, -0.2) is 68.2 Å². The maximum Gasteiger partial charge on any atom is 0.228 e. The highest BCUT2D eigenvalue weighted by Gasteiger charge is 2.69. The molecule has 1 fully saturated rings. The lowest BCUT2D eigenvalue weighted by Crippen LogP contribution is -2.74. The van der Waals surface area contributed by atoms with Crippen LogP contribution in [0.4, 0.5) is 0 Å². The van der Waals surface area contributed by atoms with Crippen molar-refractivity contribution < 1.29 is 38.4 Å². The van der Waals surface area contributed by atoms with Crippen molar-refractivity contribution in [2.75, 3.05) is 34.2 Å². The molecule has 0 saturated heterocycles. The molecule has 0 radical (unpaired) electrons. The van der Waals surface area contributed by atoms with E-state index in [9.17, 15) is 14.7 Å². The van der Waals surface area contributed by atoms with Gasteiger partial charge in [-0.25, -0.2) is 0 Å². The Kier molecular flexibility index (Phi) is 5.77. The normalized spacial score (nSPS) is 29.1. The van der Waals surface area contributed by atoms with Gasteiger partial charge in [0, 0.05) is 13.5 Å². The molecule has 1 heterocycles. The molecule has 8 heteroatoms. The van der Waals surface area contributed by atoms with Gasteiger partial charge >= 0.3 is 0 Å². The van der Waals surface area contributed by atoms with Gasteiger partial charge in [-0.3, -0.25) is 9.59 Å². The zero-order chi connectivity index (χ0) is 20.5. The van der Waals surface area contributed by atoms with E-state index in [1.165, 1.54) is 14.0 Å². The molecule has 8 nitrogen and oxygen atoms in total. The quantitative estimate of drug-likeness (QED) is 0.421. The lowest BCUT2D eigenvalue weighted by Gasteiger charge is -2.52. The Hall–Kier alpha value is -2.00. The van der Waals surface area contributed by atoms with Crippen LogP contribution in [0.25, 0.3) is 0 Å². The summed E-state index contributed by atoms with van der Waals surface area (Å²) in [6, 6.07) is 3.35. The van der Waals surface area contributed by atoms with Crippen molar-refractivity contribution in [2.24, 2.45) is 0 Å². The highest BCUT2D eigenvalue weighted by atomic mass is 16.7. The number of ether oxygens (including phenoxy) is 5. The minimum absolute atomic E-state index is 0.00651. The monoisotopic (exact) mass is 394 g/mol. The lowest BCUT2D eigenvalue weighted by atomic mass is 9.65. The molecule has 3 atom stereocenters. The zero-order valence-corrected chi connectivity index (χ0v) is 16.6. The second-order valence-electron chi connectivity index (χ2n) is 7.23. The molecule has 1 aliphatic heterocycles. The first-order valence-electron chi connectivity index (χ1n) is 9.16. The van der Waals surface area contributed by atoms with Crippen molar-refractivity contribution in [3.63, 3.8) is 0 Å². The second kappa shape index (κ2) is 7.79. The SMILES string of the molecule is COCCOCO[C@H]1CCC(=O)[C@]2(O)C(=O)c3c(OC)cc(C)cc3O[C@@]12C. The molecule has 1 saturated carbocycles. The van der Waals surface area contributed by atoms with Crippen LogP contribution >= 0.6 is 0 Å². The van der Waals surface area contributed by atoms with Gasteiger partial charge in [-0.2, -0.15) is 0 Å². The number of benzene rings is 1. The molecule has 1 aliphatic carbocycles. The third kappa shape index (κ3) is 3.10. The van der Waals surface area contributed by atoms with E-state index in [-0.39, 0.29) is 30.3 Å². The maximum absolute atomic E-state index is 13.3. The highest BCUT2D eigenvalue weighted by molar-refractivity contribution is 6.22. The molecule has 0 spiro atoms. The second-order valence-corrected chi connectivity index (χ2v) is 7.23. The molecular weight excluding hydrogens is 368 g/mol. The summed E-state index contributed by atoms with van der Waals surface area (Å²) in [5, 5.41) is 11.3. The number of aliphatic hydroxyl groups is 1. The molecule has 1 aromatic rings. The van der Waals surface area contributed by atoms with Crippen LogP contribution in [0.5, 0.6) is 11.5 Å². The third-order valence-corrected chi connectivity index (χ3v) is 5.46. The fraction of sp³-hybridized carbons (Fsp3) is 0.600. The van der Waals surface area contributed by atoms with Gasteiger partial charge in [-0.05, 0) is 38.0 Å². The Balaban J connectivity index is 1.97. The van der Waals surface area contributed by atoms with Crippen LogP contribution in [0.2, 0.25) is 0 Å². The van der Waals surface area contributed by atoms with Gasteiger partial charge < -0.3 is 28.8 Å². The predicted molar refractivity (Wildman–Crippen MR) is 97.9 cm³/mol. The summed E-state index contributed by atoms with van der Waals surface area (Å²) in [5.74, 6) is -0.799. The largest absolute Gasteiger partial charge is 0.496 e. The highest BCUT2D eigenvalue weighted by Crippen LogP contribution is 2.49. The summed E-state index contributed by atoms with van der Waals surface area (Å²) in [4.78, 5) is 26.0. The lowest BCUT2D eigenvalue weighted by molar-refractivity contribution is -0.216. The third-order valence-electron chi connectivity index (χ3n) is 5.46. The molecule has 3 rings (SSSR count). The van der Waals surface area contributed by atoms with Crippen LogP contribution in [0.15, 0.2) is 12.1 Å². The van der Waals surface area contributed by atoms with E-state index in [1.807, 2.05) is 6.92 Å². The average molecular weight is 394 g/mol. The number of carbonyl (C=O) groups is 2. The van der Waals surface area contributed by atoms with E-state index in [0.717, 1.165) is 5.56 Å². The number of hydrogen-bond acceptors (Lipinski definition) is 8. The zero-order valence-electron chi connectivity index (χ0n) is 16.6. The van der Waals surface area contributed by atoms with Gasteiger partial charge in [0.25, 0.3) is 0 Å². The van der Waals surface area contributed by atoms with Crippen molar-refractivity contribution in [3.8, 4) is 11.5 Å². The first-order valence-corrected chi connectivity index (χ1v) is 9.16. The van der Waals surface area contributed by atoms with Gasteiger partial charge in [0.1, 0.15) is 30.0 Å². The van der Waals surface area contributed by atoms with Crippen LogP contribution in [0, 0.1) is 6.92 Å².